The Kier molecular flexibility index (Phi) is 8.28. The summed E-state index contributed by atoms with van der Waals surface area (Å²) in [6, 6.07) is 7.88. The third-order valence-electron chi connectivity index (χ3n) is 5.58. The molecule has 1 fully saturated rings. The fraction of sp³-hybridized carbons (Fsp3) is 0.409. The van der Waals surface area contributed by atoms with Crippen LogP contribution in [0.1, 0.15) is 46.9 Å². The molecule has 1 aromatic carbocycles. The standard InChI is InChI=1S/C22H24BrCl2N3O2/c1-14(6-9-27-22(30)20-18(24)12-26-13-19(20)25)28-10-7-16(8-11-28)21(29)15-2-4-17(23)5-3-15/h2-5,12-14,16H,6-11H2,1H3,(H,27,30). The van der Waals surface area contributed by atoms with Gasteiger partial charge >= 0.3 is 0 Å². The molecular weight excluding hydrogens is 489 g/mol. The number of hydrogen-bond donors (Lipinski definition) is 1. The number of Topliss-reactive ketones (excluding diaryl/α,β-unsaturated/α-hetero) is 1. The van der Waals surface area contributed by atoms with Gasteiger partial charge < -0.3 is 10.2 Å². The number of amides is 1. The van der Waals surface area contributed by atoms with Crippen molar-refractivity contribution in [3.05, 3.63) is 62.3 Å². The van der Waals surface area contributed by atoms with Crippen LogP contribution >= 0.6 is 39.1 Å². The van der Waals surface area contributed by atoms with Crippen molar-refractivity contribution < 1.29 is 9.59 Å². The third kappa shape index (κ3) is 5.82. The zero-order valence-electron chi connectivity index (χ0n) is 16.7. The molecule has 0 aliphatic carbocycles. The van der Waals surface area contributed by atoms with Crippen molar-refractivity contribution in [2.45, 2.75) is 32.2 Å². The van der Waals surface area contributed by atoms with Gasteiger partial charge in [0.2, 0.25) is 0 Å². The van der Waals surface area contributed by atoms with Crippen molar-refractivity contribution in [2.24, 2.45) is 5.92 Å². The molecule has 1 unspecified atom stereocenters. The van der Waals surface area contributed by atoms with E-state index in [0.717, 1.165) is 42.4 Å². The molecule has 1 saturated heterocycles. The van der Waals surface area contributed by atoms with E-state index < -0.39 is 0 Å². The zero-order chi connectivity index (χ0) is 21.7. The van der Waals surface area contributed by atoms with Crippen molar-refractivity contribution in [1.82, 2.24) is 15.2 Å². The van der Waals surface area contributed by atoms with E-state index in [2.05, 4.69) is 38.1 Å². The normalized spacial score (nSPS) is 16.3. The molecule has 0 spiro atoms. The Hall–Kier alpha value is -1.47. The maximum atomic E-state index is 12.7. The molecule has 8 heteroatoms. The summed E-state index contributed by atoms with van der Waals surface area (Å²) in [6.07, 6.45) is 5.33. The minimum Gasteiger partial charge on any atom is -0.352 e. The van der Waals surface area contributed by atoms with Crippen LogP contribution in [0.15, 0.2) is 41.1 Å². The highest BCUT2D eigenvalue weighted by Crippen LogP contribution is 2.25. The number of nitrogens with one attached hydrogen (secondary N) is 1. The van der Waals surface area contributed by atoms with Gasteiger partial charge in [0.15, 0.2) is 5.78 Å². The lowest BCUT2D eigenvalue weighted by Crippen LogP contribution is -2.43. The second-order valence-electron chi connectivity index (χ2n) is 7.55. The number of carbonyl (C=O) groups excluding carboxylic acids is 2. The summed E-state index contributed by atoms with van der Waals surface area (Å²) in [4.78, 5) is 31.3. The lowest BCUT2D eigenvalue weighted by atomic mass is 9.88. The molecule has 30 heavy (non-hydrogen) atoms. The monoisotopic (exact) mass is 511 g/mol. The number of carbonyl (C=O) groups is 2. The predicted molar refractivity (Wildman–Crippen MR) is 123 cm³/mol. The maximum absolute atomic E-state index is 12.7. The van der Waals surface area contributed by atoms with E-state index in [4.69, 9.17) is 23.2 Å². The van der Waals surface area contributed by atoms with Gasteiger partial charge in [-0.15, -0.1) is 0 Å². The highest BCUT2D eigenvalue weighted by molar-refractivity contribution is 9.10. The molecule has 160 valence electrons. The van der Waals surface area contributed by atoms with Crippen LogP contribution in [0.4, 0.5) is 0 Å². The first-order valence-corrected chi connectivity index (χ1v) is 11.5. The lowest BCUT2D eigenvalue weighted by Gasteiger charge is -2.35. The quantitative estimate of drug-likeness (QED) is 0.514. The van der Waals surface area contributed by atoms with E-state index in [9.17, 15) is 9.59 Å². The van der Waals surface area contributed by atoms with Crippen molar-refractivity contribution in [3.8, 4) is 0 Å². The second-order valence-corrected chi connectivity index (χ2v) is 9.28. The number of nitrogens with zero attached hydrogens (tertiary/aromatic N) is 2. The van der Waals surface area contributed by atoms with Crippen molar-refractivity contribution in [2.75, 3.05) is 19.6 Å². The number of hydrogen-bond acceptors (Lipinski definition) is 4. The number of ketones is 1. The molecule has 1 atom stereocenters. The topological polar surface area (TPSA) is 62.3 Å². The van der Waals surface area contributed by atoms with Crippen LogP contribution in [0, 0.1) is 5.92 Å². The van der Waals surface area contributed by atoms with E-state index in [-0.39, 0.29) is 33.2 Å². The van der Waals surface area contributed by atoms with Crippen molar-refractivity contribution in [1.29, 1.82) is 0 Å². The van der Waals surface area contributed by atoms with Crippen molar-refractivity contribution in [3.63, 3.8) is 0 Å². The molecule has 2 heterocycles. The van der Waals surface area contributed by atoms with E-state index in [1.165, 1.54) is 12.4 Å². The summed E-state index contributed by atoms with van der Waals surface area (Å²) >= 11 is 15.5. The van der Waals surface area contributed by atoms with Gasteiger partial charge in [-0.1, -0.05) is 51.3 Å². The van der Waals surface area contributed by atoms with Crippen LogP contribution < -0.4 is 5.32 Å². The van der Waals surface area contributed by atoms with Crippen LogP contribution in [0.25, 0.3) is 0 Å². The van der Waals surface area contributed by atoms with Crippen LogP contribution in [0.2, 0.25) is 10.0 Å². The third-order valence-corrected chi connectivity index (χ3v) is 6.68. The summed E-state index contributed by atoms with van der Waals surface area (Å²) in [7, 11) is 0. The van der Waals surface area contributed by atoms with E-state index in [1.54, 1.807) is 0 Å². The first-order chi connectivity index (χ1) is 14.4. The molecule has 1 amide bonds. The maximum Gasteiger partial charge on any atom is 0.254 e. The molecule has 0 saturated carbocycles. The van der Waals surface area contributed by atoms with Gasteiger partial charge in [-0.2, -0.15) is 0 Å². The van der Waals surface area contributed by atoms with Gasteiger partial charge in [0.05, 0.1) is 15.6 Å². The smallest absolute Gasteiger partial charge is 0.254 e. The summed E-state index contributed by atoms with van der Waals surface area (Å²) < 4.78 is 0.975. The fourth-order valence-electron chi connectivity index (χ4n) is 3.75. The number of aromatic nitrogens is 1. The Morgan fingerprint density at radius 3 is 2.37 bits per heavy atom. The van der Waals surface area contributed by atoms with E-state index in [1.807, 2.05) is 24.3 Å². The fourth-order valence-corrected chi connectivity index (χ4v) is 4.55. The number of likely N-dealkylation sites (tertiary alicyclic amines) is 1. The van der Waals surface area contributed by atoms with Crippen LogP contribution in [-0.2, 0) is 0 Å². The average Bonchev–Trinajstić information content (AvgIpc) is 2.73. The number of halogens is 3. The van der Waals surface area contributed by atoms with Crippen LogP contribution in [-0.4, -0.2) is 47.3 Å². The van der Waals surface area contributed by atoms with Crippen LogP contribution in [0.5, 0.6) is 0 Å². The number of piperidine rings is 1. The number of rotatable bonds is 7. The molecule has 5 nitrogen and oxygen atoms in total. The highest BCUT2D eigenvalue weighted by Gasteiger charge is 2.27. The second kappa shape index (κ2) is 10.7. The molecule has 0 radical (unpaired) electrons. The molecule has 1 aromatic heterocycles. The predicted octanol–water partition coefficient (Wildman–Crippen LogP) is 5.25. The van der Waals surface area contributed by atoms with Crippen LogP contribution in [0.3, 0.4) is 0 Å². The Balaban J connectivity index is 1.44. The Morgan fingerprint density at radius 2 is 1.77 bits per heavy atom. The van der Waals surface area contributed by atoms with Crippen molar-refractivity contribution >= 4 is 50.8 Å². The van der Waals surface area contributed by atoms with Gasteiger partial charge in [-0.3, -0.25) is 14.6 Å². The summed E-state index contributed by atoms with van der Waals surface area (Å²) in [5.41, 5.74) is 1.04. The van der Waals surface area contributed by atoms with Gasteiger partial charge in [0.25, 0.3) is 5.91 Å². The lowest BCUT2D eigenvalue weighted by molar-refractivity contribution is 0.0790. The van der Waals surface area contributed by atoms with E-state index in [0.29, 0.717) is 12.6 Å². The SMILES string of the molecule is CC(CCNC(=O)c1c(Cl)cncc1Cl)N1CCC(C(=O)c2ccc(Br)cc2)CC1. The first kappa shape index (κ1) is 23.2. The Bertz CT molecular complexity index is 880. The van der Waals surface area contributed by atoms with E-state index >= 15 is 0 Å². The zero-order valence-corrected chi connectivity index (χ0v) is 19.8. The summed E-state index contributed by atoms with van der Waals surface area (Å²) in [5.74, 6) is 0.0110. The molecule has 1 N–H and O–H groups in total. The largest absolute Gasteiger partial charge is 0.352 e. The number of benzene rings is 1. The molecule has 2 aromatic rings. The molecule has 1 aliphatic rings. The first-order valence-electron chi connectivity index (χ1n) is 9.98. The molecule has 1 aliphatic heterocycles. The Morgan fingerprint density at radius 1 is 1.17 bits per heavy atom. The van der Waals surface area contributed by atoms with Gasteiger partial charge in [-0.25, -0.2) is 0 Å². The van der Waals surface area contributed by atoms with Gasteiger partial charge in [0.1, 0.15) is 0 Å². The molecule has 3 rings (SSSR count). The van der Waals surface area contributed by atoms with Gasteiger partial charge in [-0.05, 0) is 51.4 Å². The summed E-state index contributed by atoms with van der Waals surface area (Å²) in [5, 5.41) is 3.37. The average molecular weight is 513 g/mol. The number of pyridine rings is 1. The minimum atomic E-state index is -0.293. The minimum absolute atomic E-state index is 0.0744. The Labute approximate surface area is 195 Å². The van der Waals surface area contributed by atoms with Gasteiger partial charge in [0, 0.05) is 40.9 Å². The summed E-state index contributed by atoms with van der Waals surface area (Å²) in [6.45, 7) is 4.43. The highest BCUT2D eigenvalue weighted by atomic mass is 79.9. The molecular formula is C22H24BrCl2N3O2. The molecule has 0 bridgehead atoms.